The molecule has 0 aliphatic heterocycles. The van der Waals surface area contributed by atoms with E-state index in [0.717, 1.165) is 0 Å². The Bertz CT molecular complexity index is 390. The highest BCUT2D eigenvalue weighted by Crippen LogP contribution is 2.62. The summed E-state index contributed by atoms with van der Waals surface area (Å²) in [7, 11) is 0. The van der Waals surface area contributed by atoms with Crippen LogP contribution >= 0.6 is 0 Å². The van der Waals surface area contributed by atoms with Gasteiger partial charge in [0.15, 0.2) is 0 Å². The van der Waals surface area contributed by atoms with Crippen molar-refractivity contribution in [3.63, 3.8) is 0 Å². The molecule has 0 aromatic heterocycles. The SMILES string of the molecule is C=C(C)/C(=C\C=C/C)C12C=CC=CC1C2. The fourth-order valence-electron chi connectivity index (χ4n) is 2.45. The number of rotatable bonds is 3. The molecule has 2 atom stereocenters. The van der Waals surface area contributed by atoms with Gasteiger partial charge in [-0.3, -0.25) is 0 Å². The molecule has 15 heavy (non-hydrogen) atoms. The predicted octanol–water partition coefficient (Wildman–Crippen LogP) is 4.20. The zero-order valence-electron chi connectivity index (χ0n) is 9.53. The molecule has 0 amide bonds. The predicted molar refractivity (Wildman–Crippen MR) is 66.5 cm³/mol. The number of fused-ring (bicyclic) bond motifs is 1. The summed E-state index contributed by atoms with van der Waals surface area (Å²) in [5.41, 5.74) is 2.86. The lowest BCUT2D eigenvalue weighted by Crippen LogP contribution is -2.06. The van der Waals surface area contributed by atoms with E-state index in [-0.39, 0.29) is 5.41 Å². The Hall–Kier alpha value is -1.30. The van der Waals surface area contributed by atoms with Crippen LogP contribution < -0.4 is 0 Å². The minimum Gasteiger partial charge on any atom is -0.0958 e. The Kier molecular flexibility index (Phi) is 2.52. The van der Waals surface area contributed by atoms with E-state index in [2.05, 4.69) is 56.0 Å². The summed E-state index contributed by atoms with van der Waals surface area (Å²) in [5, 5.41) is 0. The van der Waals surface area contributed by atoms with Gasteiger partial charge in [0.2, 0.25) is 0 Å². The normalized spacial score (nSPS) is 33.2. The van der Waals surface area contributed by atoms with Crippen LogP contribution in [0.5, 0.6) is 0 Å². The summed E-state index contributed by atoms with van der Waals surface area (Å²) < 4.78 is 0. The Labute approximate surface area is 92.4 Å². The first-order chi connectivity index (χ1) is 7.20. The first-order valence-electron chi connectivity index (χ1n) is 5.56. The minimum absolute atomic E-state index is 0.278. The molecule has 0 N–H and O–H groups in total. The number of hydrogen-bond acceptors (Lipinski definition) is 0. The third-order valence-corrected chi connectivity index (χ3v) is 3.32. The first-order valence-corrected chi connectivity index (χ1v) is 5.56. The van der Waals surface area contributed by atoms with Crippen LogP contribution in [0.25, 0.3) is 0 Å². The van der Waals surface area contributed by atoms with Gasteiger partial charge >= 0.3 is 0 Å². The highest BCUT2D eigenvalue weighted by atomic mass is 14.6. The van der Waals surface area contributed by atoms with Gasteiger partial charge in [-0.1, -0.05) is 54.7 Å². The first kappa shape index (κ1) is 10.2. The molecule has 0 radical (unpaired) electrons. The molecule has 2 rings (SSSR count). The Morgan fingerprint density at radius 2 is 2.27 bits per heavy atom. The highest BCUT2D eigenvalue weighted by molar-refractivity contribution is 5.49. The summed E-state index contributed by atoms with van der Waals surface area (Å²) in [4.78, 5) is 0. The molecule has 1 fully saturated rings. The van der Waals surface area contributed by atoms with Crippen molar-refractivity contribution >= 4 is 0 Å². The van der Waals surface area contributed by atoms with Crippen LogP contribution in [0.4, 0.5) is 0 Å². The van der Waals surface area contributed by atoms with Crippen molar-refractivity contribution in [3.05, 3.63) is 60.3 Å². The van der Waals surface area contributed by atoms with Crippen LogP contribution in [0.15, 0.2) is 60.3 Å². The zero-order valence-corrected chi connectivity index (χ0v) is 9.53. The molecule has 2 aliphatic rings. The topological polar surface area (TPSA) is 0 Å². The molecule has 78 valence electrons. The van der Waals surface area contributed by atoms with Crippen molar-refractivity contribution in [1.29, 1.82) is 0 Å². The van der Waals surface area contributed by atoms with E-state index in [1.54, 1.807) is 0 Å². The fourth-order valence-corrected chi connectivity index (χ4v) is 2.45. The molecule has 0 spiro atoms. The van der Waals surface area contributed by atoms with Crippen molar-refractivity contribution in [2.75, 3.05) is 0 Å². The molecular weight excluding hydrogens is 180 g/mol. The lowest BCUT2D eigenvalue weighted by atomic mass is 9.86. The van der Waals surface area contributed by atoms with Gasteiger partial charge in [-0.2, -0.15) is 0 Å². The minimum atomic E-state index is 0.278. The fraction of sp³-hybridized carbons (Fsp3) is 0.333. The van der Waals surface area contributed by atoms with E-state index in [0.29, 0.717) is 5.92 Å². The van der Waals surface area contributed by atoms with Crippen LogP contribution in [0, 0.1) is 11.3 Å². The third kappa shape index (κ3) is 1.65. The second kappa shape index (κ2) is 3.69. The van der Waals surface area contributed by atoms with E-state index in [4.69, 9.17) is 0 Å². The van der Waals surface area contributed by atoms with Crippen molar-refractivity contribution < 1.29 is 0 Å². The highest BCUT2D eigenvalue weighted by Gasteiger charge is 2.53. The molecule has 0 heterocycles. The molecule has 0 aromatic carbocycles. The monoisotopic (exact) mass is 198 g/mol. The quantitative estimate of drug-likeness (QED) is 0.596. The van der Waals surface area contributed by atoms with E-state index in [1.807, 2.05) is 6.92 Å². The maximum Gasteiger partial charge on any atom is 0.0207 e. The van der Waals surface area contributed by atoms with Gasteiger partial charge in [-0.05, 0) is 31.8 Å². The van der Waals surface area contributed by atoms with Crippen LogP contribution in [0.3, 0.4) is 0 Å². The second-order valence-electron chi connectivity index (χ2n) is 4.48. The van der Waals surface area contributed by atoms with E-state index < -0.39 is 0 Å². The maximum atomic E-state index is 4.10. The van der Waals surface area contributed by atoms with Gasteiger partial charge in [-0.15, -0.1) is 0 Å². The van der Waals surface area contributed by atoms with E-state index in [9.17, 15) is 0 Å². The van der Waals surface area contributed by atoms with Gasteiger partial charge in [-0.25, -0.2) is 0 Å². The molecule has 1 saturated carbocycles. The molecule has 0 aromatic rings. The second-order valence-corrected chi connectivity index (χ2v) is 4.48. The van der Waals surface area contributed by atoms with Gasteiger partial charge in [0.05, 0.1) is 0 Å². The molecule has 2 unspecified atom stereocenters. The Morgan fingerprint density at radius 3 is 2.87 bits per heavy atom. The zero-order chi connectivity index (χ0) is 10.9. The number of allylic oxidation sites excluding steroid dienone is 9. The molecule has 0 heteroatoms. The molecule has 0 saturated heterocycles. The lowest BCUT2D eigenvalue weighted by molar-refractivity contribution is 0.733. The van der Waals surface area contributed by atoms with Crippen molar-refractivity contribution in [3.8, 4) is 0 Å². The maximum absolute atomic E-state index is 4.10. The van der Waals surface area contributed by atoms with Crippen molar-refractivity contribution in [2.45, 2.75) is 20.3 Å². The summed E-state index contributed by atoms with van der Waals surface area (Å²) in [6, 6.07) is 0. The smallest absolute Gasteiger partial charge is 0.0207 e. The van der Waals surface area contributed by atoms with Crippen LogP contribution in [0.2, 0.25) is 0 Å². The molecular formula is C15H18. The summed E-state index contributed by atoms with van der Waals surface area (Å²) in [5.74, 6) is 0.704. The van der Waals surface area contributed by atoms with Crippen molar-refractivity contribution in [2.24, 2.45) is 11.3 Å². The average molecular weight is 198 g/mol. The summed E-state index contributed by atoms with van der Waals surface area (Å²) >= 11 is 0. The van der Waals surface area contributed by atoms with E-state index >= 15 is 0 Å². The summed E-state index contributed by atoms with van der Waals surface area (Å²) in [6.45, 7) is 8.24. The average Bonchev–Trinajstić information content (AvgIpc) is 2.92. The van der Waals surface area contributed by atoms with Gasteiger partial charge < -0.3 is 0 Å². The summed E-state index contributed by atoms with van der Waals surface area (Å²) in [6.07, 6.45) is 16.6. The van der Waals surface area contributed by atoms with E-state index in [1.165, 1.54) is 17.6 Å². The Morgan fingerprint density at radius 1 is 1.47 bits per heavy atom. The lowest BCUT2D eigenvalue weighted by Gasteiger charge is -2.18. The number of hydrogen-bond donors (Lipinski definition) is 0. The van der Waals surface area contributed by atoms with Crippen LogP contribution in [0.1, 0.15) is 20.3 Å². The van der Waals surface area contributed by atoms with Gasteiger partial charge in [0.25, 0.3) is 0 Å². The molecule has 0 nitrogen and oxygen atoms in total. The van der Waals surface area contributed by atoms with Crippen LogP contribution in [-0.4, -0.2) is 0 Å². The standard InChI is InChI=1S/C15H18/c1-4-5-9-14(12(2)3)15-10-7-6-8-13(15)11-15/h4-10,13H,2,11H2,1,3H3/b5-4-,14-9+. The third-order valence-electron chi connectivity index (χ3n) is 3.32. The molecule has 2 aliphatic carbocycles. The largest absolute Gasteiger partial charge is 0.0958 e. The Balaban J connectivity index is 2.32. The van der Waals surface area contributed by atoms with Crippen LogP contribution in [-0.2, 0) is 0 Å². The molecule has 0 bridgehead atoms. The van der Waals surface area contributed by atoms with Gasteiger partial charge in [0.1, 0.15) is 0 Å². The van der Waals surface area contributed by atoms with Crippen molar-refractivity contribution in [1.82, 2.24) is 0 Å². The van der Waals surface area contributed by atoms with Gasteiger partial charge in [0, 0.05) is 5.41 Å².